The van der Waals surface area contributed by atoms with E-state index in [1.165, 1.54) is 16.4 Å². The first kappa shape index (κ1) is 21.6. The molecule has 1 fully saturated rings. The summed E-state index contributed by atoms with van der Waals surface area (Å²) in [7, 11) is -3.74. The fourth-order valence-corrected chi connectivity index (χ4v) is 4.75. The summed E-state index contributed by atoms with van der Waals surface area (Å²) in [6.07, 6.45) is 1.61. The van der Waals surface area contributed by atoms with Crippen LogP contribution in [0.1, 0.15) is 23.4 Å². The summed E-state index contributed by atoms with van der Waals surface area (Å²) in [4.78, 5) is 24.7. The first-order chi connectivity index (χ1) is 15.4. The Kier molecular flexibility index (Phi) is 6.24. The minimum atomic E-state index is -3.74. The molecular weight excluding hydrogens is 432 g/mol. The summed E-state index contributed by atoms with van der Waals surface area (Å²) in [6.45, 7) is 0.893. The Balaban J connectivity index is 1.40. The van der Waals surface area contributed by atoms with Crippen LogP contribution in [0.3, 0.4) is 0 Å². The van der Waals surface area contributed by atoms with Crippen molar-refractivity contribution in [3.63, 3.8) is 0 Å². The van der Waals surface area contributed by atoms with Gasteiger partial charge in [-0.05, 0) is 55.3 Å². The third kappa shape index (κ3) is 4.98. The molecule has 1 saturated heterocycles. The van der Waals surface area contributed by atoms with Crippen LogP contribution < -0.4 is 16.0 Å². The Morgan fingerprint density at radius 2 is 1.41 bits per heavy atom. The Hall–Kier alpha value is -3.63. The fraction of sp³-hybridized carbons (Fsp3) is 0.182. The molecule has 1 aromatic heterocycles. The van der Waals surface area contributed by atoms with Crippen molar-refractivity contribution in [3.05, 3.63) is 72.5 Å². The second-order valence-corrected chi connectivity index (χ2v) is 9.08. The Bertz CT molecular complexity index is 1220. The standard InChI is InChI=1S/C22H22N4O5S/c27-21(19-11-12-20(31-19)32(29,30)26-13-4-5-14-26)23-17-9-6-10-18(15-17)25-22(28)24-16-7-2-1-3-8-16/h1-3,6-12,15H,4-5,13-14H2,(H,23,27)(H2,24,25,28). The van der Waals surface area contributed by atoms with E-state index in [1.54, 1.807) is 36.4 Å². The van der Waals surface area contributed by atoms with Crippen LogP contribution in [0.4, 0.5) is 21.9 Å². The number of furan rings is 1. The zero-order valence-electron chi connectivity index (χ0n) is 17.1. The number of benzene rings is 2. The summed E-state index contributed by atoms with van der Waals surface area (Å²) >= 11 is 0. The first-order valence-corrected chi connectivity index (χ1v) is 11.5. The Labute approximate surface area is 185 Å². The van der Waals surface area contributed by atoms with E-state index in [2.05, 4.69) is 16.0 Å². The smallest absolute Gasteiger partial charge is 0.323 e. The second-order valence-electron chi connectivity index (χ2n) is 7.21. The van der Waals surface area contributed by atoms with Crippen LogP contribution in [0.2, 0.25) is 0 Å². The van der Waals surface area contributed by atoms with Gasteiger partial charge in [0.2, 0.25) is 5.09 Å². The van der Waals surface area contributed by atoms with Crippen molar-refractivity contribution < 1.29 is 22.4 Å². The van der Waals surface area contributed by atoms with E-state index in [-0.39, 0.29) is 10.9 Å². The molecule has 166 valence electrons. The van der Waals surface area contributed by atoms with E-state index in [0.717, 1.165) is 12.8 Å². The lowest BCUT2D eigenvalue weighted by molar-refractivity contribution is 0.0991. The van der Waals surface area contributed by atoms with Crippen LogP contribution in [0.25, 0.3) is 0 Å². The molecule has 1 aliphatic heterocycles. The minimum Gasteiger partial charge on any atom is -0.438 e. The highest BCUT2D eigenvalue weighted by atomic mass is 32.2. The number of nitrogens with zero attached hydrogens (tertiary/aromatic N) is 1. The van der Waals surface area contributed by atoms with Crippen LogP contribution in [-0.4, -0.2) is 37.8 Å². The van der Waals surface area contributed by atoms with Crippen LogP contribution in [0.5, 0.6) is 0 Å². The van der Waals surface area contributed by atoms with Gasteiger partial charge < -0.3 is 20.4 Å². The predicted molar refractivity (Wildman–Crippen MR) is 120 cm³/mol. The maximum Gasteiger partial charge on any atom is 0.323 e. The minimum absolute atomic E-state index is 0.122. The number of carbonyl (C=O) groups excluding carboxylic acids is 2. The molecule has 0 radical (unpaired) electrons. The molecule has 3 N–H and O–H groups in total. The van der Waals surface area contributed by atoms with Crippen LogP contribution in [-0.2, 0) is 10.0 Å². The zero-order valence-corrected chi connectivity index (χ0v) is 17.9. The van der Waals surface area contributed by atoms with Crippen LogP contribution in [0.15, 0.2) is 76.2 Å². The molecule has 3 aromatic rings. The number of amides is 3. The van der Waals surface area contributed by atoms with E-state index < -0.39 is 22.0 Å². The van der Waals surface area contributed by atoms with Gasteiger partial charge in [0.1, 0.15) is 0 Å². The summed E-state index contributed by atoms with van der Waals surface area (Å²) in [6, 6.07) is 17.7. The normalized spacial score (nSPS) is 14.1. The second kappa shape index (κ2) is 9.25. The highest BCUT2D eigenvalue weighted by Gasteiger charge is 2.30. The molecular formula is C22H22N4O5S. The quantitative estimate of drug-likeness (QED) is 0.521. The number of anilines is 3. The molecule has 9 nitrogen and oxygen atoms in total. The monoisotopic (exact) mass is 454 g/mol. The number of carbonyl (C=O) groups is 2. The van der Waals surface area contributed by atoms with E-state index in [9.17, 15) is 18.0 Å². The van der Waals surface area contributed by atoms with Gasteiger partial charge in [0, 0.05) is 30.2 Å². The molecule has 2 aromatic carbocycles. The summed E-state index contributed by atoms with van der Waals surface area (Å²) in [5.74, 6) is -0.721. The van der Waals surface area contributed by atoms with Gasteiger partial charge in [-0.3, -0.25) is 4.79 Å². The molecule has 0 unspecified atom stereocenters. The number of hydrogen-bond donors (Lipinski definition) is 3. The number of urea groups is 1. The lowest BCUT2D eigenvalue weighted by Crippen LogP contribution is -2.27. The number of rotatable bonds is 6. The summed E-state index contributed by atoms with van der Waals surface area (Å²) in [5, 5.41) is 7.78. The maximum absolute atomic E-state index is 12.6. The van der Waals surface area contributed by atoms with Crippen LogP contribution >= 0.6 is 0 Å². The molecule has 10 heteroatoms. The third-order valence-electron chi connectivity index (χ3n) is 4.87. The first-order valence-electron chi connectivity index (χ1n) is 10.1. The number of hydrogen-bond acceptors (Lipinski definition) is 5. The van der Waals surface area contributed by atoms with Crippen LogP contribution in [0, 0.1) is 0 Å². The Morgan fingerprint density at radius 1 is 0.781 bits per heavy atom. The van der Waals surface area contributed by atoms with E-state index in [1.807, 2.05) is 18.2 Å². The summed E-state index contributed by atoms with van der Waals surface area (Å²) in [5.41, 5.74) is 1.52. The number of nitrogens with one attached hydrogen (secondary N) is 3. The van der Waals surface area contributed by atoms with Crippen molar-refractivity contribution in [3.8, 4) is 0 Å². The van der Waals surface area contributed by atoms with Crippen molar-refractivity contribution >= 4 is 39.0 Å². The van der Waals surface area contributed by atoms with Crippen molar-refractivity contribution in [1.29, 1.82) is 0 Å². The lowest BCUT2D eigenvalue weighted by atomic mass is 10.2. The highest BCUT2D eigenvalue weighted by Crippen LogP contribution is 2.23. The fourth-order valence-electron chi connectivity index (χ4n) is 3.32. The van der Waals surface area contributed by atoms with Gasteiger partial charge in [0.05, 0.1) is 0 Å². The molecule has 0 bridgehead atoms. The molecule has 32 heavy (non-hydrogen) atoms. The van der Waals surface area contributed by atoms with E-state index in [4.69, 9.17) is 4.42 Å². The summed E-state index contributed by atoms with van der Waals surface area (Å²) < 4.78 is 31.8. The number of para-hydroxylation sites is 1. The predicted octanol–water partition coefficient (Wildman–Crippen LogP) is 3.96. The van der Waals surface area contributed by atoms with Gasteiger partial charge in [-0.25, -0.2) is 13.2 Å². The molecule has 0 spiro atoms. The average Bonchev–Trinajstić information content (AvgIpc) is 3.48. The van der Waals surface area contributed by atoms with Gasteiger partial charge in [-0.2, -0.15) is 4.31 Å². The zero-order chi connectivity index (χ0) is 22.6. The molecule has 4 rings (SSSR count). The molecule has 0 saturated carbocycles. The van der Waals surface area contributed by atoms with Crippen molar-refractivity contribution in [2.24, 2.45) is 0 Å². The molecule has 0 aliphatic carbocycles. The lowest BCUT2D eigenvalue weighted by Gasteiger charge is -2.12. The average molecular weight is 455 g/mol. The SMILES string of the molecule is O=C(Nc1ccccc1)Nc1cccc(NC(=O)c2ccc(S(=O)(=O)N3CCCC3)o2)c1. The highest BCUT2D eigenvalue weighted by molar-refractivity contribution is 7.89. The largest absolute Gasteiger partial charge is 0.438 e. The van der Waals surface area contributed by atoms with Crippen molar-refractivity contribution in [2.45, 2.75) is 17.9 Å². The van der Waals surface area contributed by atoms with Crippen molar-refractivity contribution in [1.82, 2.24) is 4.31 Å². The van der Waals surface area contributed by atoms with Gasteiger partial charge in [0.25, 0.3) is 15.9 Å². The van der Waals surface area contributed by atoms with E-state index in [0.29, 0.717) is 30.2 Å². The van der Waals surface area contributed by atoms with Crippen molar-refractivity contribution in [2.75, 3.05) is 29.0 Å². The molecule has 0 atom stereocenters. The number of sulfonamides is 1. The topological polar surface area (TPSA) is 121 Å². The van der Waals surface area contributed by atoms with Gasteiger partial charge in [0.15, 0.2) is 5.76 Å². The van der Waals surface area contributed by atoms with Gasteiger partial charge in [-0.15, -0.1) is 0 Å². The molecule has 2 heterocycles. The molecule has 3 amide bonds. The Morgan fingerprint density at radius 3 is 2.12 bits per heavy atom. The third-order valence-corrected chi connectivity index (χ3v) is 6.65. The van der Waals surface area contributed by atoms with Gasteiger partial charge in [-0.1, -0.05) is 24.3 Å². The van der Waals surface area contributed by atoms with E-state index >= 15 is 0 Å². The molecule has 1 aliphatic rings. The maximum atomic E-state index is 12.6. The van der Waals surface area contributed by atoms with Gasteiger partial charge >= 0.3 is 6.03 Å².